The third kappa shape index (κ3) is 10.7. The molecule has 7 heteroatoms. The maximum absolute atomic E-state index is 10.2. The third-order valence-electron chi connectivity index (χ3n) is 6.45. The molecule has 0 aliphatic heterocycles. The molecule has 0 saturated heterocycles. The van der Waals surface area contributed by atoms with Crippen molar-refractivity contribution < 1.29 is 29.9 Å². The van der Waals surface area contributed by atoms with Crippen LogP contribution in [-0.2, 0) is 0 Å². The van der Waals surface area contributed by atoms with E-state index >= 15 is 0 Å². The van der Waals surface area contributed by atoms with E-state index in [1.165, 1.54) is 0 Å². The molecule has 204 valence electrons. The number of carbonyl (C=O) groups is 1. The van der Waals surface area contributed by atoms with E-state index in [-0.39, 0.29) is 18.6 Å². The van der Waals surface area contributed by atoms with Gasteiger partial charge >= 0.3 is 94.7 Å². The van der Waals surface area contributed by atoms with Crippen LogP contribution in [0, 0.1) is 17.3 Å². The van der Waals surface area contributed by atoms with Crippen molar-refractivity contribution in [3.8, 4) is 0 Å². The van der Waals surface area contributed by atoms with Crippen LogP contribution < -0.4 is 10.6 Å². The quantitative estimate of drug-likeness (QED) is 0.257. The van der Waals surface area contributed by atoms with Gasteiger partial charge in [-0.15, -0.1) is 0 Å². The van der Waals surface area contributed by atoms with E-state index in [9.17, 15) is 24.8 Å². The predicted octanol–water partition coefficient (Wildman–Crippen LogP) is 4.64. The fraction of sp³-hybridized carbons (Fsp3) is 0.367. The van der Waals surface area contributed by atoms with Gasteiger partial charge in [-0.05, 0) is 30.4 Å². The Morgan fingerprint density at radius 3 is 1.38 bits per heavy atom. The number of carboxylic acids is 1. The molecule has 0 amide bonds. The molecule has 0 aromatic heterocycles. The van der Waals surface area contributed by atoms with Crippen LogP contribution in [0.15, 0.2) is 91.0 Å². The number of carboxylic acid groups (broad SMARTS) is 1. The Bertz CT molecular complexity index is 963. The molecule has 5 N–H and O–H groups in total. The first-order chi connectivity index (χ1) is 17.5. The van der Waals surface area contributed by atoms with Crippen molar-refractivity contribution in [3.63, 3.8) is 0 Å². The Kier molecular flexibility index (Phi) is 14.3. The molecule has 0 spiro atoms. The number of benzene rings is 3. The van der Waals surface area contributed by atoms with Crippen molar-refractivity contribution in [2.45, 2.75) is 40.5 Å². The van der Waals surface area contributed by atoms with Crippen LogP contribution in [0.3, 0.4) is 0 Å². The van der Waals surface area contributed by atoms with Gasteiger partial charge in [0.25, 0.3) is 0 Å². The molecule has 0 unspecified atom stereocenters. The van der Waals surface area contributed by atoms with E-state index in [0.717, 1.165) is 12.8 Å². The predicted molar refractivity (Wildman–Crippen MR) is 154 cm³/mol. The number of hydrogen-bond donors (Lipinski definition) is 5. The fourth-order valence-corrected chi connectivity index (χ4v) is 5.17. The van der Waals surface area contributed by atoms with Gasteiger partial charge in [-0.2, -0.15) is 0 Å². The zero-order valence-electron chi connectivity index (χ0n) is 22.3. The number of aromatic carboxylic acids is 1. The SMILES string of the molecule is CC(C)CCC(CO)(CO)C(C)C.O=C(O)c1ccccc1.O[PH](O)(c1ccccc1)c1ccccc1. The van der Waals surface area contributed by atoms with Crippen LogP contribution in [0.2, 0.25) is 0 Å². The minimum atomic E-state index is -3.46. The van der Waals surface area contributed by atoms with E-state index < -0.39 is 13.7 Å². The standard InChI is InChI=1S/C12H13O2P.C11H24O2.C7H6O2/c13-15(14,11-7-3-1-4-8-11)12-9-5-2-6-10-12;1-9(2)5-6-11(7-12,8-13)10(3)4;8-7(9)6-4-2-1-3-5-6/h1-10,13-15H;9-10,12-13H,5-8H2,1-4H3;1-5H,(H,8,9). The molecule has 3 aromatic rings. The van der Waals surface area contributed by atoms with Gasteiger partial charge in [-0.1, -0.05) is 52.3 Å². The van der Waals surface area contributed by atoms with Crippen molar-refractivity contribution in [2.24, 2.45) is 17.3 Å². The molecule has 0 saturated carbocycles. The first-order valence-corrected chi connectivity index (χ1v) is 14.5. The second kappa shape index (κ2) is 16.3. The molecule has 0 atom stereocenters. The van der Waals surface area contributed by atoms with Crippen LogP contribution in [-0.4, -0.2) is 44.3 Å². The zero-order chi connectivity index (χ0) is 27.9. The summed E-state index contributed by atoms with van der Waals surface area (Å²) in [6, 6.07) is 26.3. The molecule has 3 rings (SSSR count). The van der Waals surface area contributed by atoms with Gasteiger partial charge in [0, 0.05) is 5.41 Å². The minimum absolute atomic E-state index is 0.0912. The number of rotatable bonds is 9. The molecule has 3 aromatic carbocycles. The Morgan fingerprint density at radius 2 is 1.11 bits per heavy atom. The van der Waals surface area contributed by atoms with Crippen molar-refractivity contribution >= 4 is 24.3 Å². The van der Waals surface area contributed by atoms with Crippen LogP contribution in [0.5, 0.6) is 0 Å². The molecule has 0 aliphatic rings. The van der Waals surface area contributed by atoms with Crippen LogP contribution in [0.4, 0.5) is 0 Å². The Morgan fingerprint density at radius 1 is 0.730 bits per heavy atom. The summed E-state index contributed by atoms with van der Waals surface area (Å²) >= 11 is 0. The molecule has 0 aliphatic carbocycles. The Balaban J connectivity index is 0.000000287. The fourth-order valence-electron chi connectivity index (χ4n) is 3.53. The second-order valence-electron chi connectivity index (χ2n) is 9.84. The molecular weight excluding hydrogens is 487 g/mol. The average Bonchev–Trinajstić information content (AvgIpc) is 2.91. The monoisotopic (exact) mass is 530 g/mol. The maximum atomic E-state index is 10.2. The van der Waals surface area contributed by atoms with Gasteiger partial charge < -0.3 is 15.3 Å². The second-order valence-corrected chi connectivity index (χ2v) is 12.3. The topological polar surface area (TPSA) is 118 Å². The van der Waals surface area contributed by atoms with Gasteiger partial charge in [-0.25, -0.2) is 4.79 Å². The summed E-state index contributed by atoms with van der Waals surface area (Å²) in [7, 11) is -3.46. The molecular formula is C30H43O6P. The molecule has 0 bridgehead atoms. The van der Waals surface area contributed by atoms with Crippen molar-refractivity contribution in [1.82, 2.24) is 0 Å². The summed E-state index contributed by atoms with van der Waals surface area (Å²) in [5, 5.41) is 28.2. The van der Waals surface area contributed by atoms with E-state index in [0.29, 0.717) is 28.0 Å². The summed E-state index contributed by atoms with van der Waals surface area (Å²) in [6.45, 7) is 8.64. The number of aliphatic hydroxyl groups excluding tert-OH is 2. The van der Waals surface area contributed by atoms with Gasteiger partial charge in [0.1, 0.15) is 0 Å². The van der Waals surface area contributed by atoms with E-state index in [1.54, 1.807) is 54.6 Å². The third-order valence-corrected chi connectivity index (χ3v) is 8.72. The number of aliphatic hydroxyl groups is 2. The normalized spacial score (nSPS) is 11.7. The summed E-state index contributed by atoms with van der Waals surface area (Å²) < 4.78 is 0. The van der Waals surface area contributed by atoms with Crippen molar-refractivity contribution in [3.05, 3.63) is 96.6 Å². The van der Waals surface area contributed by atoms with Gasteiger partial charge in [0.05, 0.1) is 18.8 Å². The van der Waals surface area contributed by atoms with E-state index in [2.05, 4.69) is 27.7 Å². The van der Waals surface area contributed by atoms with E-state index in [1.807, 2.05) is 36.4 Å². The Hall–Kier alpha value is -2.60. The molecule has 37 heavy (non-hydrogen) atoms. The number of hydrogen-bond acceptors (Lipinski definition) is 5. The van der Waals surface area contributed by atoms with Crippen LogP contribution in [0.1, 0.15) is 50.9 Å². The molecule has 6 nitrogen and oxygen atoms in total. The summed E-state index contributed by atoms with van der Waals surface area (Å²) in [5.41, 5.74) is 0.0575. The first kappa shape index (κ1) is 32.4. The summed E-state index contributed by atoms with van der Waals surface area (Å²) in [4.78, 5) is 30.5. The Labute approximate surface area is 221 Å². The molecule has 0 radical (unpaired) electrons. The average molecular weight is 531 g/mol. The van der Waals surface area contributed by atoms with Gasteiger partial charge in [0.2, 0.25) is 0 Å². The van der Waals surface area contributed by atoms with Gasteiger partial charge in [0.15, 0.2) is 0 Å². The summed E-state index contributed by atoms with van der Waals surface area (Å²) in [6.07, 6.45) is 1.98. The van der Waals surface area contributed by atoms with Crippen LogP contribution in [0.25, 0.3) is 0 Å². The van der Waals surface area contributed by atoms with Crippen molar-refractivity contribution in [2.75, 3.05) is 13.2 Å². The van der Waals surface area contributed by atoms with Crippen LogP contribution >= 0.6 is 7.72 Å². The van der Waals surface area contributed by atoms with Gasteiger partial charge in [-0.3, -0.25) is 0 Å². The molecule has 0 heterocycles. The summed E-state index contributed by atoms with van der Waals surface area (Å²) in [5.74, 6) is 0.0908. The first-order valence-electron chi connectivity index (χ1n) is 12.6. The van der Waals surface area contributed by atoms with Crippen molar-refractivity contribution in [1.29, 1.82) is 0 Å². The molecule has 0 fully saturated rings. The zero-order valence-corrected chi connectivity index (χ0v) is 23.3. The van der Waals surface area contributed by atoms with E-state index in [4.69, 9.17) is 5.11 Å².